The first kappa shape index (κ1) is 32.4. The van der Waals surface area contributed by atoms with E-state index >= 15 is 0 Å². The Bertz CT molecular complexity index is 1440. The van der Waals surface area contributed by atoms with Crippen molar-refractivity contribution in [2.75, 3.05) is 17.4 Å². The first-order valence-electron chi connectivity index (χ1n) is 13.5. The van der Waals surface area contributed by atoms with Crippen molar-refractivity contribution in [3.05, 3.63) is 93.5 Å². The van der Waals surface area contributed by atoms with Crippen LogP contribution in [0.15, 0.2) is 71.6 Å². The number of nitrogens with zero attached hydrogens (tertiary/aromatic N) is 2. The van der Waals surface area contributed by atoms with Crippen molar-refractivity contribution in [3.8, 4) is 0 Å². The molecule has 220 valence electrons. The van der Waals surface area contributed by atoms with Crippen LogP contribution in [0, 0.1) is 19.8 Å². The summed E-state index contributed by atoms with van der Waals surface area (Å²) in [4.78, 5) is 29.0. The Labute approximate surface area is 253 Å². The van der Waals surface area contributed by atoms with E-state index in [4.69, 9.17) is 23.2 Å². The van der Waals surface area contributed by atoms with E-state index in [0.29, 0.717) is 34.3 Å². The maximum absolute atomic E-state index is 14.2. The van der Waals surface area contributed by atoms with Crippen LogP contribution in [-0.4, -0.2) is 44.3 Å². The largest absolute Gasteiger partial charge is 0.354 e. The Hall–Kier alpha value is -3.07. The molecule has 0 saturated heterocycles. The summed E-state index contributed by atoms with van der Waals surface area (Å²) in [6.07, 6.45) is 0.298. The molecule has 0 aliphatic heterocycles. The quantitative estimate of drug-likeness (QED) is 0.255. The highest BCUT2D eigenvalue weighted by atomic mass is 35.5. The maximum Gasteiger partial charge on any atom is 0.264 e. The second-order valence-corrected chi connectivity index (χ2v) is 13.1. The normalized spacial score (nSPS) is 12.2. The zero-order valence-electron chi connectivity index (χ0n) is 24.0. The molecule has 0 fully saturated rings. The first-order chi connectivity index (χ1) is 19.3. The Morgan fingerprint density at radius 3 is 2.02 bits per heavy atom. The molecule has 10 heteroatoms. The number of carbonyl (C=O) groups is 2. The number of anilines is 1. The van der Waals surface area contributed by atoms with Gasteiger partial charge in [-0.25, -0.2) is 8.42 Å². The Morgan fingerprint density at radius 2 is 1.49 bits per heavy atom. The van der Waals surface area contributed by atoms with Gasteiger partial charge in [0.25, 0.3) is 10.0 Å². The molecule has 0 heterocycles. The Kier molecular flexibility index (Phi) is 11.2. The highest BCUT2D eigenvalue weighted by Gasteiger charge is 2.34. The zero-order chi connectivity index (χ0) is 30.3. The Morgan fingerprint density at radius 1 is 0.902 bits per heavy atom. The summed E-state index contributed by atoms with van der Waals surface area (Å²) < 4.78 is 29.0. The number of amides is 2. The molecule has 1 N–H and O–H groups in total. The van der Waals surface area contributed by atoms with Gasteiger partial charge in [-0.1, -0.05) is 74.3 Å². The van der Waals surface area contributed by atoms with Crippen molar-refractivity contribution in [3.63, 3.8) is 0 Å². The lowest BCUT2D eigenvalue weighted by molar-refractivity contribution is -0.140. The summed E-state index contributed by atoms with van der Waals surface area (Å²) in [7, 11) is -4.15. The topological polar surface area (TPSA) is 86.8 Å². The van der Waals surface area contributed by atoms with E-state index in [1.807, 2.05) is 33.8 Å². The molecule has 0 radical (unpaired) electrons. The molecular formula is C31H37Cl2N3O4S. The predicted octanol–water partition coefficient (Wildman–Crippen LogP) is 6.39. The van der Waals surface area contributed by atoms with Crippen LogP contribution in [0.1, 0.15) is 43.9 Å². The fourth-order valence-electron chi connectivity index (χ4n) is 4.54. The number of hydrogen-bond acceptors (Lipinski definition) is 4. The number of carbonyl (C=O) groups excluding carboxylic acids is 2. The van der Waals surface area contributed by atoms with Crippen molar-refractivity contribution in [1.29, 1.82) is 0 Å². The van der Waals surface area contributed by atoms with E-state index in [-0.39, 0.29) is 23.3 Å². The summed E-state index contributed by atoms with van der Waals surface area (Å²) in [5.41, 5.74) is 2.52. The number of benzene rings is 3. The van der Waals surface area contributed by atoms with Gasteiger partial charge < -0.3 is 10.2 Å². The van der Waals surface area contributed by atoms with Gasteiger partial charge in [-0.2, -0.15) is 0 Å². The van der Waals surface area contributed by atoms with Gasteiger partial charge in [0, 0.05) is 28.7 Å². The van der Waals surface area contributed by atoms with Gasteiger partial charge in [0.2, 0.25) is 11.8 Å². The number of nitrogens with one attached hydrogen (secondary N) is 1. The number of hydrogen-bond donors (Lipinski definition) is 1. The SMILES string of the molecule is CC[C@@H](C(=O)NCC(C)C)N(Cc1c(Cl)cccc1Cl)C(=O)CN(c1cc(C)cc(C)c1)S(=O)(=O)c1ccccc1. The molecule has 0 aliphatic rings. The van der Waals surface area contributed by atoms with Crippen LogP contribution in [0.4, 0.5) is 5.69 Å². The van der Waals surface area contributed by atoms with E-state index in [0.717, 1.165) is 15.4 Å². The smallest absolute Gasteiger partial charge is 0.264 e. The average molecular weight is 619 g/mol. The maximum atomic E-state index is 14.2. The van der Waals surface area contributed by atoms with Crippen molar-refractivity contribution in [2.24, 2.45) is 5.92 Å². The number of aryl methyl sites for hydroxylation is 2. The van der Waals surface area contributed by atoms with Gasteiger partial charge in [-0.3, -0.25) is 13.9 Å². The van der Waals surface area contributed by atoms with Gasteiger partial charge in [0.15, 0.2) is 0 Å². The lowest BCUT2D eigenvalue weighted by Crippen LogP contribution is -2.52. The zero-order valence-corrected chi connectivity index (χ0v) is 26.4. The van der Waals surface area contributed by atoms with Crippen molar-refractivity contribution < 1.29 is 18.0 Å². The molecule has 0 bridgehead atoms. The van der Waals surface area contributed by atoms with Gasteiger partial charge in [0.1, 0.15) is 12.6 Å². The summed E-state index contributed by atoms with van der Waals surface area (Å²) in [6, 6.07) is 17.5. The number of halogens is 2. The molecule has 2 amide bonds. The van der Waals surface area contributed by atoms with E-state index < -0.39 is 28.5 Å². The average Bonchev–Trinajstić information content (AvgIpc) is 2.91. The van der Waals surface area contributed by atoms with E-state index in [1.54, 1.807) is 55.5 Å². The third kappa shape index (κ3) is 8.24. The molecule has 41 heavy (non-hydrogen) atoms. The molecule has 0 spiro atoms. The van der Waals surface area contributed by atoms with Crippen molar-refractivity contribution in [1.82, 2.24) is 10.2 Å². The van der Waals surface area contributed by atoms with Gasteiger partial charge in [-0.15, -0.1) is 0 Å². The fourth-order valence-corrected chi connectivity index (χ4v) is 6.47. The third-order valence-corrected chi connectivity index (χ3v) is 9.06. The van der Waals surface area contributed by atoms with Crippen LogP contribution in [0.3, 0.4) is 0 Å². The van der Waals surface area contributed by atoms with Crippen molar-refractivity contribution in [2.45, 2.75) is 58.5 Å². The van der Waals surface area contributed by atoms with Crippen LogP contribution in [0.5, 0.6) is 0 Å². The van der Waals surface area contributed by atoms with Crippen LogP contribution in [0.2, 0.25) is 10.0 Å². The molecule has 3 aromatic carbocycles. The second-order valence-electron chi connectivity index (χ2n) is 10.5. The van der Waals surface area contributed by atoms with Crippen LogP contribution >= 0.6 is 23.2 Å². The molecule has 0 unspecified atom stereocenters. The van der Waals surface area contributed by atoms with E-state index in [9.17, 15) is 18.0 Å². The predicted molar refractivity (Wildman–Crippen MR) is 166 cm³/mol. The summed E-state index contributed by atoms with van der Waals surface area (Å²) in [6.45, 7) is 9.31. The first-order valence-corrected chi connectivity index (χ1v) is 15.7. The summed E-state index contributed by atoms with van der Waals surface area (Å²) in [5, 5.41) is 3.60. The molecule has 3 rings (SSSR count). The molecule has 0 aliphatic carbocycles. The standard InChI is InChI=1S/C31H37Cl2N3O4S/c1-6-29(31(38)34-18-21(2)3)35(19-26-27(32)13-10-14-28(26)33)30(37)20-36(24-16-22(4)15-23(5)17-24)41(39,40)25-11-8-7-9-12-25/h7-17,21,29H,6,18-20H2,1-5H3,(H,34,38)/t29-/m0/s1. The minimum atomic E-state index is -4.15. The Balaban J connectivity index is 2.11. The monoisotopic (exact) mass is 617 g/mol. The number of rotatable bonds is 12. The van der Waals surface area contributed by atoms with Gasteiger partial charge in [0.05, 0.1) is 10.6 Å². The highest BCUT2D eigenvalue weighted by molar-refractivity contribution is 7.92. The van der Waals surface area contributed by atoms with Gasteiger partial charge in [-0.05, 0) is 73.7 Å². The highest BCUT2D eigenvalue weighted by Crippen LogP contribution is 2.29. The molecule has 0 aromatic heterocycles. The van der Waals surface area contributed by atoms with Crippen LogP contribution < -0.4 is 9.62 Å². The lowest BCUT2D eigenvalue weighted by atomic mass is 10.1. The van der Waals surface area contributed by atoms with Gasteiger partial charge >= 0.3 is 0 Å². The number of sulfonamides is 1. The van der Waals surface area contributed by atoms with Crippen molar-refractivity contribution >= 4 is 50.7 Å². The summed E-state index contributed by atoms with van der Waals surface area (Å²) >= 11 is 12.9. The van der Waals surface area contributed by atoms with Crippen LogP contribution in [0.25, 0.3) is 0 Å². The van der Waals surface area contributed by atoms with E-state index in [1.165, 1.54) is 17.0 Å². The second kappa shape index (κ2) is 14.2. The van der Waals surface area contributed by atoms with E-state index in [2.05, 4.69) is 5.32 Å². The summed E-state index contributed by atoms with van der Waals surface area (Å²) in [5.74, 6) is -0.692. The fraction of sp³-hybridized carbons (Fsp3) is 0.355. The van der Waals surface area contributed by atoms with Crippen LogP contribution in [-0.2, 0) is 26.2 Å². The lowest BCUT2D eigenvalue weighted by Gasteiger charge is -2.34. The molecule has 3 aromatic rings. The minimum absolute atomic E-state index is 0.0503. The minimum Gasteiger partial charge on any atom is -0.354 e. The molecule has 7 nitrogen and oxygen atoms in total. The third-order valence-electron chi connectivity index (χ3n) is 6.57. The molecule has 0 saturated carbocycles. The molecular weight excluding hydrogens is 581 g/mol. The molecule has 1 atom stereocenters.